The second kappa shape index (κ2) is 8.12. The number of carboxylic acid groups (broad SMARTS) is 1. The van der Waals surface area contributed by atoms with Crippen LogP contribution in [0.2, 0.25) is 0 Å². The normalized spacial score (nSPS) is 17.9. The van der Waals surface area contributed by atoms with Gasteiger partial charge in [-0.1, -0.05) is 41.9 Å². The van der Waals surface area contributed by atoms with E-state index in [0.29, 0.717) is 6.54 Å². The topological polar surface area (TPSA) is 98.3 Å². The number of nitrogens with zero attached hydrogens (tertiary/aromatic N) is 2. The van der Waals surface area contributed by atoms with E-state index in [1.165, 1.54) is 0 Å². The van der Waals surface area contributed by atoms with Gasteiger partial charge in [-0.15, -0.1) is 0 Å². The van der Waals surface area contributed by atoms with Crippen LogP contribution in [0.15, 0.2) is 34.9 Å². The number of aromatic nitrogens is 2. The van der Waals surface area contributed by atoms with Crippen LogP contribution in [0.4, 0.5) is 4.79 Å². The fourth-order valence-electron chi connectivity index (χ4n) is 3.42. The highest BCUT2D eigenvalue weighted by Gasteiger charge is 2.37. The van der Waals surface area contributed by atoms with Crippen LogP contribution in [0, 0.1) is 5.92 Å². The third-order valence-electron chi connectivity index (χ3n) is 4.81. The van der Waals surface area contributed by atoms with Gasteiger partial charge in [-0.25, -0.2) is 9.78 Å². The van der Waals surface area contributed by atoms with Crippen LogP contribution in [0.1, 0.15) is 38.6 Å². The maximum Gasteiger partial charge on any atom is 0.405 e. The summed E-state index contributed by atoms with van der Waals surface area (Å²) in [6.07, 6.45) is 2.25. The van der Waals surface area contributed by atoms with Crippen molar-refractivity contribution in [1.82, 2.24) is 20.2 Å². The number of amides is 2. The molecule has 2 aromatic rings. The van der Waals surface area contributed by atoms with Gasteiger partial charge in [0, 0.05) is 11.0 Å². The van der Waals surface area contributed by atoms with Crippen molar-refractivity contribution < 1.29 is 14.7 Å². The van der Waals surface area contributed by atoms with Crippen molar-refractivity contribution >= 4 is 27.9 Å². The molecule has 3 N–H and O–H groups in total. The molecule has 1 fully saturated rings. The Morgan fingerprint density at radius 2 is 2.04 bits per heavy atom. The zero-order valence-corrected chi connectivity index (χ0v) is 16.9. The molecular formula is C19H23BrN4O3. The first-order valence-electron chi connectivity index (χ1n) is 8.97. The first-order valence-corrected chi connectivity index (χ1v) is 9.77. The number of hydrogen-bond acceptors (Lipinski definition) is 3. The van der Waals surface area contributed by atoms with E-state index in [2.05, 4.69) is 31.2 Å². The summed E-state index contributed by atoms with van der Waals surface area (Å²) >= 11 is 3.43. The fraction of sp³-hybridized carbons (Fsp3) is 0.421. The predicted octanol–water partition coefficient (Wildman–Crippen LogP) is 3.79. The number of benzene rings is 1. The van der Waals surface area contributed by atoms with E-state index in [1.54, 1.807) is 11.1 Å². The van der Waals surface area contributed by atoms with Crippen LogP contribution >= 0.6 is 15.9 Å². The molecule has 3 rings (SSSR count). The van der Waals surface area contributed by atoms with E-state index < -0.39 is 12.1 Å². The number of aromatic amines is 1. The number of likely N-dealkylation sites (tertiary alicyclic amines) is 1. The molecule has 8 heteroatoms. The number of carbonyl (C=O) groups is 2. The van der Waals surface area contributed by atoms with Crippen molar-refractivity contribution in [3.63, 3.8) is 0 Å². The molecule has 0 radical (unpaired) electrons. The Morgan fingerprint density at radius 3 is 2.67 bits per heavy atom. The Labute approximate surface area is 166 Å². The molecule has 0 saturated carbocycles. The molecule has 1 saturated heterocycles. The van der Waals surface area contributed by atoms with Crippen molar-refractivity contribution in [3.05, 3.63) is 40.8 Å². The van der Waals surface area contributed by atoms with E-state index in [0.717, 1.165) is 34.4 Å². The molecule has 27 heavy (non-hydrogen) atoms. The van der Waals surface area contributed by atoms with E-state index >= 15 is 0 Å². The predicted molar refractivity (Wildman–Crippen MR) is 105 cm³/mol. The maximum atomic E-state index is 13.0. The van der Waals surface area contributed by atoms with Crippen molar-refractivity contribution in [1.29, 1.82) is 0 Å². The average Bonchev–Trinajstić information content (AvgIpc) is 3.28. The molecule has 0 aliphatic carbocycles. The fourth-order valence-corrected chi connectivity index (χ4v) is 3.69. The Hall–Kier alpha value is -2.35. The molecule has 2 heterocycles. The van der Waals surface area contributed by atoms with E-state index in [-0.39, 0.29) is 17.9 Å². The number of halogens is 1. The molecule has 144 valence electrons. The number of carbonyl (C=O) groups excluding carboxylic acids is 1. The van der Waals surface area contributed by atoms with E-state index in [9.17, 15) is 9.59 Å². The molecular weight excluding hydrogens is 412 g/mol. The van der Waals surface area contributed by atoms with Crippen LogP contribution in [-0.2, 0) is 4.79 Å². The molecule has 1 aromatic heterocycles. The second-order valence-corrected chi connectivity index (χ2v) is 7.97. The zero-order valence-electron chi connectivity index (χ0n) is 15.3. The molecule has 2 atom stereocenters. The van der Waals surface area contributed by atoms with Crippen molar-refractivity contribution in [2.45, 2.75) is 38.8 Å². The van der Waals surface area contributed by atoms with E-state index in [1.807, 2.05) is 38.1 Å². The van der Waals surface area contributed by atoms with Gasteiger partial charge in [0.05, 0.1) is 17.9 Å². The number of H-pyrrole nitrogens is 1. The Balaban J connectivity index is 1.81. The third kappa shape index (κ3) is 4.32. The summed E-state index contributed by atoms with van der Waals surface area (Å²) in [6, 6.07) is 6.98. The number of rotatable bonds is 5. The van der Waals surface area contributed by atoms with Gasteiger partial charge >= 0.3 is 6.09 Å². The van der Waals surface area contributed by atoms with Gasteiger partial charge in [0.2, 0.25) is 5.91 Å². The molecule has 0 bridgehead atoms. The quantitative estimate of drug-likeness (QED) is 0.666. The van der Waals surface area contributed by atoms with Crippen LogP contribution in [0.25, 0.3) is 11.3 Å². The van der Waals surface area contributed by atoms with Crippen LogP contribution in [-0.4, -0.2) is 44.6 Å². The minimum absolute atomic E-state index is 0.134. The van der Waals surface area contributed by atoms with Gasteiger partial charge in [0.25, 0.3) is 0 Å². The lowest BCUT2D eigenvalue weighted by atomic mass is 10.0. The van der Waals surface area contributed by atoms with Gasteiger partial charge < -0.3 is 20.3 Å². The van der Waals surface area contributed by atoms with Crippen LogP contribution in [0.3, 0.4) is 0 Å². The highest BCUT2D eigenvalue weighted by molar-refractivity contribution is 9.10. The summed E-state index contributed by atoms with van der Waals surface area (Å²) in [4.78, 5) is 33.6. The highest BCUT2D eigenvalue weighted by Crippen LogP contribution is 2.32. The number of imidazole rings is 1. The minimum Gasteiger partial charge on any atom is -0.465 e. The van der Waals surface area contributed by atoms with Gasteiger partial charge in [-0.3, -0.25) is 4.79 Å². The monoisotopic (exact) mass is 434 g/mol. The van der Waals surface area contributed by atoms with Gasteiger partial charge in [0.15, 0.2) is 0 Å². The Bertz CT molecular complexity index is 819. The maximum absolute atomic E-state index is 13.0. The Kier molecular flexibility index (Phi) is 5.84. The standard InChI is InChI=1S/C19H23BrN4O3/c1-11(2)16(23-19(26)27)18(25)24-9-3-4-15(24)17-21-10-14(22-17)12-5-7-13(20)8-6-12/h5-8,10-11,15-16,23H,3-4,9H2,1-2H3,(H,21,22)(H,26,27)/t15-,16-/m0/s1. The molecule has 7 nitrogen and oxygen atoms in total. The molecule has 1 aliphatic rings. The number of hydrogen-bond donors (Lipinski definition) is 3. The summed E-state index contributed by atoms with van der Waals surface area (Å²) in [5, 5.41) is 11.4. The molecule has 0 unspecified atom stereocenters. The molecule has 2 amide bonds. The summed E-state index contributed by atoms with van der Waals surface area (Å²) < 4.78 is 1.00. The summed E-state index contributed by atoms with van der Waals surface area (Å²) in [7, 11) is 0. The zero-order chi connectivity index (χ0) is 19.6. The Morgan fingerprint density at radius 1 is 1.33 bits per heavy atom. The lowest BCUT2D eigenvalue weighted by Crippen LogP contribution is -2.50. The lowest BCUT2D eigenvalue weighted by molar-refractivity contribution is -0.135. The van der Waals surface area contributed by atoms with Crippen molar-refractivity contribution in [2.75, 3.05) is 6.54 Å². The number of nitrogens with one attached hydrogen (secondary N) is 2. The smallest absolute Gasteiger partial charge is 0.405 e. The average molecular weight is 435 g/mol. The summed E-state index contributed by atoms with van der Waals surface area (Å²) in [5.41, 5.74) is 1.90. The molecule has 1 aliphatic heterocycles. The third-order valence-corrected chi connectivity index (χ3v) is 5.34. The highest BCUT2D eigenvalue weighted by atomic mass is 79.9. The van der Waals surface area contributed by atoms with Gasteiger partial charge in [-0.2, -0.15) is 0 Å². The summed E-state index contributed by atoms with van der Waals surface area (Å²) in [5.74, 6) is 0.401. The van der Waals surface area contributed by atoms with Gasteiger partial charge in [0.1, 0.15) is 11.9 Å². The van der Waals surface area contributed by atoms with Crippen molar-refractivity contribution in [2.24, 2.45) is 5.92 Å². The largest absolute Gasteiger partial charge is 0.465 e. The van der Waals surface area contributed by atoms with Gasteiger partial charge in [-0.05, 0) is 36.5 Å². The lowest BCUT2D eigenvalue weighted by Gasteiger charge is -2.29. The van der Waals surface area contributed by atoms with Crippen molar-refractivity contribution in [3.8, 4) is 11.3 Å². The summed E-state index contributed by atoms with van der Waals surface area (Å²) in [6.45, 7) is 4.27. The second-order valence-electron chi connectivity index (χ2n) is 7.05. The minimum atomic E-state index is -1.19. The first-order chi connectivity index (χ1) is 12.9. The first kappa shape index (κ1) is 19.4. The molecule has 0 spiro atoms. The van der Waals surface area contributed by atoms with Crippen LogP contribution < -0.4 is 5.32 Å². The SMILES string of the molecule is CC(C)[C@H](NC(=O)O)C(=O)N1CCC[C@H]1c1ncc(-c2ccc(Br)cc2)[nH]1. The van der Waals surface area contributed by atoms with E-state index in [4.69, 9.17) is 5.11 Å². The van der Waals surface area contributed by atoms with Crippen LogP contribution in [0.5, 0.6) is 0 Å². The molecule has 1 aromatic carbocycles.